The van der Waals surface area contributed by atoms with Gasteiger partial charge in [-0.25, -0.2) is 4.79 Å². The van der Waals surface area contributed by atoms with E-state index in [9.17, 15) is 9.90 Å². The highest BCUT2D eigenvalue weighted by Crippen LogP contribution is 2.26. The van der Waals surface area contributed by atoms with Gasteiger partial charge < -0.3 is 5.11 Å². The van der Waals surface area contributed by atoms with E-state index in [0.29, 0.717) is 17.5 Å². The maximum absolute atomic E-state index is 11.2. The summed E-state index contributed by atoms with van der Waals surface area (Å²) in [7, 11) is 0. The molecule has 1 atom stereocenters. The summed E-state index contributed by atoms with van der Waals surface area (Å²) in [4.78, 5) is 13.6. The van der Waals surface area contributed by atoms with Crippen LogP contribution in [-0.4, -0.2) is 28.6 Å². The lowest BCUT2D eigenvalue weighted by atomic mass is 10.0. The average Bonchev–Trinajstić information content (AvgIpc) is 2.77. The fourth-order valence-electron chi connectivity index (χ4n) is 2.89. The molecule has 1 unspecified atom stereocenters. The van der Waals surface area contributed by atoms with E-state index in [1.165, 1.54) is 12.8 Å². The number of benzene rings is 1. The van der Waals surface area contributed by atoms with Crippen LogP contribution in [0, 0.1) is 5.92 Å². The normalized spacial score (nSPS) is 20.5. The first-order valence-corrected chi connectivity index (χ1v) is 6.65. The molecule has 1 aliphatic heterocycles. The van der Waals surface area contributed by atoms with Crippen molar-refractivity contribution in [2.75, 3.05) is 6.54 Å². The topological polar surface area (TPSA) is 40.5 Å². The fourth-order valence-corrected chi connectivity index (χ4v) is 2.89. The molecule has 18 heavy (non-hydrogen) atoms. The maximum Gasteiger partial charge on any atom is 0.336 e. The zero-order valence-electron chi connectivity index (χ0n) is 11.1. The number of nitrogens with zero attached hydrogens (tertiary/aromatic N) is 1. The number of carboxylic acids is 1. The Morgan fingerprint density at radius 2 is 2.17 bits per heavy atom. The van der Waals surface area contributed by atoms with Crippen molar-refractivity contribution in [3.05, 3.63) is 35.4 Å². The van der Waals surface area contributed by atoms with Crippen LogP contribution in [0.1, 0.15) is 42.6 Å². The Hall–Kier alpha value is -1.35. The van der Waals surface area contributed by atoms with E-state index in [-0.39, 0.29) is 0 Å². The van der Waals surface area contributed by atoms with Crippen molar-refractivity contribution < 1.29 is 9.90 Å². The molecule has 0 bridgehead atoms. The average molecular weight is 247 g/mol. The first-order chi connectivity index (χ1) is 8.59. The van der Waals surface area contributed by atoms with Crippen molar-refractivity contribution in [1.82, 2.24) is 4.90 Å². The van der Waals surface area contributed by atoms with Crippen molar-refractivity contribution in [3.8, 4) is 0 Å². The molecule has 0 amide bonds. The second-order valence-electron chi connectivity index (χ2n) is 5.39. The van der Waals surface area contributed by atoms with Crippen LogP contribution in [0.25, 0.3) is 0 Å². The Morgan fingerprint density at radius 3 is 2.83 bits per heavy atom. The second kappa shape index (κ2) is 5.53. The summed E-state index contributed by atoms with van der Waals surface area (Å²) in [5.74, 6) is -0.199. The summed E-state index contributed by atoms with van der Waals surface area (Å²) in [6, 6.07) is 7.92. The number of hydrogen-bond donors (Lipinski definition) is 1. The highest BCUT2D eigenvalue weighted by Gasteiger charge is 2.27. The minimum atomic E-state index is -0.828. The van der Waals surface area contributed by atoms with E-state index in [1.807, 2.05) is 12.1 Å². The van der Waals surface area contributed by atoms with Gasteiger partial charge in [-0.3, -0.25) is 4.90 Å². The molecule has 1 saturated heterocycles. The van der Waals surface area contributed by atoms with Crippen LogP contribution in [-0.2, 0) is 6.54 Å². The van der Waals surface area contributed by atoms with E-state index >= 15 is 0 Å². The van der Waals surface area contributed by atoms with E-state index < -0.39 is 5.97 Å². The van der Waals surface area contributed by atoms with Crippen molar-refractivity contribution in [2.24, 2.45) is 5.92 Å². The number of likely N-dealkylation sites (tertiary alicyclic amines) is 1. The summed E-state index contributed by atoms with van der Waals surface area (Å²) >= 11 is 0. The summed E-state index contributed by atoms with van der Waals surface area (Å²) < 4.78 is 0. The number of carboxylic acid groups (broad SMARTS) is 1. The predicted molar refractivity (Wildman–Crippen MR) is 71.7 cm³/mol. The van der Waals surface area contributed by atoms with Gasteiger partial charge in [0.05, 0.1) is 5.56 Å². The molecule has 1 N–H and O–H groups in total. The molecule has 1 aliphatic rings. The molecule has 0 saturated carbocycles. The molecule has 0 spiro atoms. The number of rotatable bonds is 4. The third-order valence-electron chi connectivity index (χ3n) is 3.80. The van der Waals surface area contributed by atoms with Gasteiger partial charge in [0.15, 0.2) is 0 Å². The predicted octanol–water partition coefficient (Wildman–Crippen LogP) is 3.01. The molecule has 1 heterocycles. The van der Waals surface area contributed by atoms with Crippen LogP contribution in [0.15, 0.2) is 24.3 Å². The Kier molecular flexibility index (Phi) is 4.02. The number of hydrogen-bond acceptors (Lipinski definition) is 2. The van der Waals surface area contributed by atoms with Gasteiger partial charge >= 0.3 is 5.97 Å². The molecule has 0 aromatic heterocycles. The molecular formula is C15H21NO2. The minimum absolute atomic E-state index is 0.437. The summed E-state index contributed by atoms with van der Waals surface area (Å²) in [5.41, 5.74) is 1.37. The van der Waals surface area contributed by atoms with E-state index in [1.54, 1.807) is 12.1 Å². The zero-order valence-corrected chi connectivity index (χ0v) is 11.1. The Morgan fingerprint density at radius 1 is 1.44 bits per heavy atom. The van der Waals surface area contributed by atoms with Gasteiger partial charge in [0.1, 0.15) is 0 Å². The Labute approximate surface area is 108 Å². The van der Waals surface area contributed by atoms with E-state index in [0.717, 1.165) is 18.7 Å². The SMILES string of the molecule is CC(C)C1CCCN1Cc1ccccc1C(=O)O. The third-order valence-corrected chi connectivity index (χ3v) is 3.80. The van der Waals surface area contributed by atoms with Gasteiger partial charge in [-0.2, -0.15) is 0 Å². The first kappa shape index (κ1) is 13.1. The lowest BCUT2D eigenvalue weighted by Gasteiger charge is -2.28. The zero-order chi connectivity index (χ0) is 13.1. The van der Waals surface area contributed by atoms with Crippen LogP contribution < -0.4 is 0 Å². The van der Waals surface area contributed by atoms with Gasteiger partial charge in [-0.05, 0) is 36.9 Å². The molecular weight excluding hydrogens is 226 g/mol. The third kappa shape index (κ3) is 2.72. The second-order valence-corrected chi connectivity index (χ2v) is 5.39. The number of carbonyl (C=O) groups is 1. The Balaban J connectivity index is 2.16. The summed E-state index contributed by atoms with van der Waals surface area (Å²) in [6.45, 7) is 6.32. The minimum Gasteiger partial charge on any atom is -0.478 e. The lowest BCUT2D eigenvalue weighted by Crippen LogP contribution is -2.33. The van der Waals surface area contributed by atoms with Gasteiger partial charge in [0.2, 0.25) is 0 Å². The van der Waals surface area contributed by atoms with Crippen molar-refractivity contribution in [3.63, 3.8) is 0 Å². The standard InChI is InChI=1S/C15H21NO2/c1-11(2)14-8-5-9-16(14)10-12-6-3-4-7-13(12)15(17)18/h3-4,6-7,11,14H,5,8-10H2,1-2H3,(H,17,18). The molecule has 0 aliphatic carbocycles. The molecule has 3 nitrogen and oxygen atoms in total. The molecule has 98 valence electrons. The van der Waals surface area contributed by atoms with Crippen LogP contribution >= 0.6 is 0 Å². The van der Waals surface area contributed by atoms with Crippen LogP contribution in [0.4, 0.5) is 0 Å². The molecule has 2 rings (SSSR count). The highest BCUT2D eigenvalue weighted by atomic mass is 16.4. The molecule has 1 aromatic carbocycles. The summed E-state index contributed by atoms with van der Waals surface area (Å²) in [5, 5.41) is 9.20. The van der Waals surface area contributed by atoms with Crippen molar-refractivity contribution in [2.45, 2.75) is 39.3 Å². The molecule has 1 aromatic rings. The van der Waals surface area contributed by atoms with Crippen LogP contribution in [0.3, 0.4) is 0 Å². The quantitative estimate of drug-likeness (QED) is 0.889. The van der Waals surface area contributed by atoms with Gasteiger partial charge in [0, 0.05) is 12.6 Å². The van der Waals surface area contributed by atoms with Gasteiger partial charge in [-0.15, -0.1) is 0 Å². The van der Waals surface area contributed by atoms with Crippen LogP contribution in [0.2, 0.25) is 0 Å². The molecule has 0 radical (unpaired) electrons. The summed E-state index contributed by atoms with van der Waals surface area (Å²) in [6.07, 6.45) is 2.45. The molecule has 1 fully saturated rings. The van der Waals surface area contributed by atoms with Gasteiger partial charge in [-0.1, -0.05) is 32.0 Å². The smallest absolute Gasteiger partial charge is 0.336 e. The van der Waals surface area contributed by atoms with Gasteiger partial charge in [0.25, 0.3) is 0 Å². The largest absolute Gasteiger partial charge is 0.478 e. The maximum atomic E-state index is 11.2. The van der Waals surface area contributed by atoms with Crippen molar-refractivity contribution >= 4 is 5.97 Å². The Bertz CT molecular complexity index is 428. The van der Waals surface area contributed by atoms with E-state index in [2.05, 4.69) is 18.7 Å². The number of aromatic carboxylic acids is 1. The molecule has 3 heteroatoms. The monoisotopic (exact) mass is 247 g/mol. The first-order valence-electron chi connectivity index (χ1n) is 6.65. The van der Waals surface area contributed by atoms with Crippen molar-refractivity contribution in [1.29, 1.82) is 0 Å². The van der Waals surface area contributed by atoms with E-state index in [4.69, 9.17) is 0 Å². The highest BCUT2D eigenvalue weighted by molar-refractivity contribution is 5.89. The fraction of sp³-hybridized carbons (Fsp3) is 0.533. The van der Waals surface area contributed by atoms with Crippen LogP contribution in [0.5, 0.6) is 0 Å². The lowest BCUT2D eigenvalue weighted by molar-refractivity contribution is 0.0694.